The topological polar surface area (TPSA) is 23.4 Å². The molecule has 3 aliphatic rings. The van der Waals surface area contributed by atoms with Crippen LogP contribution in [-0.2, 0) is 5.41 Å². The molecule has 0 bridgehead atoms. The molecule has 0 unspecified atom stereocenters. The summed E-state index contributed by atoms with van der Waals surface area (Å²) in [6.07, 6.45) is 0. The minimum absolute atomic E-state index is 0.517. The van der Waals surface area contributed by atoms with Gasteiger partial charge in [-0.05, 0) is 105 Å². The highest BCUT2D eigenvalue weighted by atomic mass is 16.6. The molecule has 0 amide bonds. The van der Waals surface area contributed by atoms with Crippen LogP contribution in [0.4, 0.5) is 0 Å². The molecule has 9 aromatic rings. The summed E-state index contributed by atoms with van der Waals surface area (Å²) in [6, 6.07) is 63.5. The number of hydrogen-bond acceptors (Lipinski definition) is 2. The molecule has 0 saturated heterocycles. The molecule has 0 saturated carbocycles. The van der Waals surface area contributed by atoms with Crippen LogP contribution in [0.25, 0.3) is 60.9 Å². The van der Waals surface area contributed by atoms with Crippen LogP contribution in [0.5, 0.6) is 23.0 Å². The monoisotopic (exact) mass is 663 g/mol. The van der Waals surface area contributed by atoms with Crippen molar-refractivity contribution in [3.8, 4) is 62.1 Å². The van der Waals surface area contributed by atoms with Crippen molar-refractivity contribution in [1.82, 2.24) is 4.57 Å². The van der Waals surface area contributed by atoms with Gasteiger partial charge in [-0.15, -0.1) is 0 Å². The predicted molar refractivity (Wildman–Crippen MR) is 209 cm³/mol. The lowest BCUT2D eigenvalue weighted by Crippen LogP contribution is -2.26. The standard InChI is InChI=1S/C49H29NO2/c1-2-12-32(13-3-1)50-42-19-9-6-16-35(42)37-28-30(23-26-43(37)50)31-22-24-36-41(29-31)49(38-17-7-4-14-33(38)34-15-5-8-18-39(34)49)40-25-27-46-48(47(36)40)52-45-21-11-10-20-44(45)51-46/h1-29H. The Labute approximate surface area is 300 Å². The van der Waals surface area contributed by atoms with Crippen LogP contribution >= 0.6 is 0 Å². The second kappa shape index (κ2) is 10.1. The molecule has 1 aromatic heterocycles. The molecular formula is C49H29NO2. The summed E-state index contributed by atoms with van der Waals surface area (Å²) in [7, 11) is 0. The number of hydrogen-bond donors (Lipinski definition) is 0. The van der Waals surface area contributed by atoms with Crippen LogP contribution in [-0.4, -0.2) is 4.57 Å². The Hall–Kier alpha value is -6.84. The van der Waals surface area contributed by atoms with Gasteiger partial charge in [0, 0.05) is 22.0 Å². The van der Waals surface area contributed by atoms with Crippen LogP contribution in [0.3, 0.4) is 0 Å². The zero-order chi connectivity index (χ0) is 34.0. The van der Waals surface area contributed by atoms with E-state index in [-0.39, 0.29) is 0 Å². The summed E-state index contributed by atoms with van der Waals surface area (Å²) < 4.78 is 15.6. The van der Waals surface area contributed by atoms with E-state index >= 15 is 0 Å². The second-order valence-corrected chi connectivity index (χ2v) is 14.0. The maximum atomic E-state index is 6.77. The first kappa shape index (κ1) is 27.9. The third kappa shape index (κ3) is 3.49. The van der Waals surface area contributed by atoms with Crippen LogP contribution < -0.4 is 9.47 Å². The van der Waals surface area contributed by atoms with Gasteiger partial charge >= 0.3 is 0 Å². The third-order valence-electron chi connectivity index (χ3n) is 11.5. The molecule has 1 aliphatic heterocycles. The number of para-hydroxylation sites is 4. The lowest BCUT2D eigenvalue weighted by molar-refractivity contribution is 0.360. The molecule has 2 heterocycles. The van der Waals surface area contributed by atoms with Gasteiger partial charge in [-0.25, -0.2) is 0 Å². The van der Waals surface area contributed by atoms with Gasteiger partial charge < -0.3 is 14.0 Å². The van der Waals surface area contributed by atoms with E-state index in [1.54, 1.807) is 0 Å². The number of benzene rings is 8. The average Bonchev–Trinajstić information content (AvgIpc) is 3.82. The summed E-state index contributed by atoms with van der Waals surface area (Å²) in [4.78, 5) is 0. The van der Waals surface area contributed by atoms with E-state index in [2.05, 4.69) is 156 Å². The Bertz CT molecular complexity index is 2930. The highest BCUT2D eigenvalue weighted by molar-refractivity contribution is 6.10. The number of ether oxygens (including phenoxy) is 2. The minimum atomic E-state index is -0.517. The molecular weight excluding hydrogens is 635 g/mol. The predicted octanol–water partition coefficient (Wildman–Crippen LogP) is 12.7. The molecule has 0 atom stereocenters. The van der Waals surface area contributed by atoms with Gasteiger partial charge in [-0.1, -0.05) is 121 Å². The van der Waals surface area contributed by atoms with Crippen molar-refractivity contribution in [2.24, 2.45) is 0 Å². The number of nitrogens with zero attached hydrogens (tertiary/aromatic N) is 1. The highest BCUT2D eigenvalue weighted by Gasteiger charge is 2.53. The van der Waals surface area contributed by atoms with Crippen molar-refractivity contribution in [2.45, 2.75) is 5.41 Å². The maximum Gasteiger partial charge on any atom is 0.178 e. The van der Waals surface area contributed by atoms with Crippen molar-refractivity contribution in [3.05, 3.63) is 198 Å². The van der Waals surface area contributed by atoms with E-state index in [4.69, 9.17) is 9.47 Å². The Morgan fingerprint density at radius 2 is 1.02 bits per heavy atom. The molecule has 0 N–H and O–H groups in total. The zero-order valence-corrected chi connectivity index (χ0v) is 28.0. The van der Waals surface area contributed by atoms with E-state index in [0.717, 1.165) is 34.2 Å². The first-order chi connectivity index (χ1) is 25.8. The SMILES string of the molecule is c1ccc(-n2c3ccccc3c3cc(-c4ccc5c(c4)C4(c6ccccc6-c6ccccc64)c4ccc6c(c4-5)Oc4ccccc4O6)ccc32)cc1. The lowest BCUT2D eigenvalue weighted by atomic mass is 9.70. The smallest absolute Gasteiger partial charge is 0.178 e. The molecule has 8 aromatic carbocycles. The molecule has 1 spiro atoms. The fraction of sp³-hybridized carbons (Fsp3) is 0.0204. The number of aromatic nitrogens is 1. The average molecular weight is 664 g/mol. The van der Waals surface area contributed by atoms with E-state index in [1.165, 1.54) is 71.9 Å². The van der Waals surface area contributed by atoms with Crippen molar-refractivity contribution >= 4 is 21.8 Å². The van der Waals surface area contributed by atoms with Gasteiger partial charge in [0.2, 0.25) is 0 Å². The van der Waals surface area contributed by atoms with E-state index in [1.807, 2.05) is 24.3 Å². The van der Waals surface area contributed by atoms with Crippen LogP contribution in [0.15, 0.2) is 176 Å². The first-order valence-corrected chi connectivity index (χ1v) is 17.8. The Kier molecular flexibility index (Phi) is 5.43. The fourth-order valence-electron chi connectivity index (χ4n) is 9.39. The summed E-state index contributed by atoms with van der Waals surface area (Å²) in [5, 5.41) is 2.49. The van der Waals surface area contributed by atoms with Gasteiger partial charge in [0.1, 0.15) is 0 Å². The van der Waals surface area contributed by atoms with E-state index < -0.39 is 5.41 Å². The fourth-order valence-corrected chi connectivity index (χ4v) is 9.39. The second-order valence-electron chi connectivity index (χ2n) is 14.0. The van der Waals surface area contributed by atoms with Crippen molar-refractivity contribution in [1.29, 1.82) is 0 Å². The number of rotatable bonds is 2. The summed E-state index contributed by atoms with van der Waals surface area (Å²) >= 11 is 0. The highest BCUT2D eigenvalue weighted by Crippen LogP contribution is 2.66. The third-order valence-corrected chi connectivity index (χ3v) is 11.5. The lowest BCUT2D eigenvalue weighted by Gasteiger charge is -2.31. The maximum absolute atomic E-state index is 6.77. The molecule has 242 valence electrons. The van der Waals surface area contributed by atoms with Gasteiger partial charge in [0.05, 0.1) is 16.4 Å². The van der Waals surface area contributed by atoms with Crippen molar-refractivity contribution < 1.29 is 9.47 Å². The first-order valence-electron chi connectivity index (χ1n) is 17.8. The molecule has 52 heavy (non-hydrogen) atoms. The summed E-state index contributed by atoms with van der Waals surface area (Å²) in [6.45, 7) is 0. The van der Waals surface area contributed by atoms with Gasteiger partial charge in [-0.2, -0.15) is 0 Å². The molecule has 12 rings (SSSR count). The quantitative estimate of drug-likeness (QED) is 0.184. The summed E-state index contributed by atoms with van der Waals surface area (Å²) in [5.41, 5.74) is 15.3. The Morgan fingerprint density at radius 1 is 0.385 bits per heavy atom. The normalized spacial score (nSPS) is 13.8. The molecule has 2 aliphatic carbocycles. The van der Waals surface area contributed by atoms with Crippen LogP contribution in [0, 0.1) is 0 Å². The van der Waals surface area contributed by atoms with Gasteiger partial charge in [-0.3, -0.25) is 0 Å². The minimum Gasteiger partial charge on any atom is -0.449 e. The van der Waals surface area contributed by atoms with Crippen molar-refractivity contribution in [2.75, 3.05) is 0 Å². The summed E-state index contributed by atoms with van der Waals surface area (Å²) in [5.74, 6) is 2.99. The van der Waals surface area contributed by atoms with Crippen LogP contribution in [0.2, 0.25) is 0 Å². The molecule has 3 heteroatoms. The molecule has 0 radical (unpaired) electrons. The molecule has 3 nitrogen and oxygen atoms in total. The van der Waals surface area contributed by atoms with Gasteiger partial charge in [0.25, 0.3) is 0 Å². The number of fused-ring (bicyclic) bond motifs is 16. The van der Waals surface area contributed by atoms with E-state index in [0.29, 0.717) is 0 Å². The Balaban J connectivity index is 1.13. The zero-order valence-electron chi connectivity index (χ0n) is 28.0. The van der Waals surface area contributed by atoms with Gasteiger partial charge in [0.15, 0.2) is 23.0 Å². The van der Waals surface area contributed by atoms with E-state index in [9.17, 15) is 0 Å². The van der Waals surface area contributed by atoms with Crippen LogP contribution in [0.1, 0.15) is 22.3 Å². The van der Waals surface area contributed by atoms with Crippen molar-refractivity contribution in [3.63, 3.8) is 0 Å². The largest absolute Gasteiger partial charge is 0.449 e. The molecule has 0 fully saturated rings. The Morgan fingerprint density at radius 3 is 1.83 bits per heavy atom.